The highest BCUT2D eigenvalue weighted by molar-refractivity contribution is 7.92. The molecule has 10 heteroatoms. The lowest BCUT2D eigenvalue weighted by Crippen LogP contribution is -2.10. The number of hydrogen-bond donors (Lipinski definition) is 3. The zero-order chi connectivity index (χ0) is 20.5. The van der Waals surface area contributed by atoms with Crippen LogP contribution in [0.25, 0.3) is 10.9 Å². The molecule has 0 spiro atoms. The lowest BCUT2D eigenvalue weighted by molar-refractivity contribution is -0.137. The molecule has 0 bridgehead atoms. The number of hydrogen-bond acceptors (Lipinski definition) is 4. The lowest BCUT2D eigenvalue weighted by atomic mass is 9.89. The number of rotatable bonds is 7. The number of fused-ring (bicyclic) bond motifs is 1. The third-order valence-electron chi connectivity index (χ3n) is 4.24. The Morgan fingerprint density at radius 2 is 2.11 bits per heavy atom. The second-order valence-electron chi connectivity index (χ2n) is 6.36. The van der Waals surface area contributed by atoms with Crippen molar-refractivity contribution in [3.63, 3.8) is 0 Å². The Balaban J connectivity index is 2.13. The van der Waals surface area contributed by atoms with Crippen molar-refractivity contribution in [3.05, 3.63) is 58.5 Å². The average molecular weight is 426 g/mol. The molecular formula is C18H17ClFN3O4S. The molecule has 0 saturated carbocycles. The average Bonchev–Trinajstić information content (AvgIpc) is 3.00. The highest BCUT2D eigenvalue weighted by atomic mass is 35.5. The molecule has 1 atom stereocenters. The number of anilines is 1. The number of nitrogens with one attached hydrogen (secondary N) is 2. The van der Waals surface area contributed by atoms with Gasteiger partial charge in [0.1, 0.15) is 11.3 Å². The van der Waals surface area contributed by atoms with Gasteiger partial charge in [-0.05, 0) is 30.2 Å². The summed E-state index contributed by atoms with van der Waals surface area (Å²) in [6.45, 7) is 0. The molecule has 3 rings (SSSR count). The van der Waals surface area contributed by atoms with Crippen LogP contribution in [-0.2, 0) is 14.8 Å². The minimum Gasteiger partial charge on any atom is -0.481 e. The first-order valence-corrected chi connectivity index (χ1v) is 10.5. The fraction of sp³-hybridized carbons (Fsp3) is 0.222. The van der Waals surface area contributed by atoms with Gasteiger partial charge in [0.2, 0.25) is 10.0 Å². The van der Waals surface area contributed by atoms with Gasteiger partial charge in [0.25, 0.3) is 0 Å². The quantitative estimate of drug-likeness (QED) is 0.534. The van der Waals surface area contributed by atoms with Crippen LogP contribution in [0.1, 0.15) is 30.0 Å². The summed E-state index contributed by atoms with van der Waals surface area (Å²) >= 11 is 5.83. The van der Waals surface area contributed by atoms with Crippen molar-refractivity contribution >= 4 is 44.2 Å². The first kappa shape index (κ1) is 20.1. The number of carboxylic acids is 1. The fourth-order valence-electron chi connectivity index (χ4n) is 3.11. The number of halogens is 2. The molecule has 28 heavy (non-hydrogen) atoms. The second kappa shape index (κ2) is 7.76. The molecule has 0 aliphatic rings. The van der Waals surface area contributed by atoms with Crippen LogP contribution in [0.15, 0.2) is 36.4 Å². The van der Waals surface area contributed by atoms with Crippen molar-refractivity contribution in [2.75, 3.05) is 11.0 Å². The van der Waals surface area contributed by atoms with Gasteiger partial charge < -0.3 is 5.11 Å². The molecule has 0 aliphatic carbocycles. The number of carboxylic acid groups (broad SMARTS) is 1. The van der Waals surface area contributed by atoms with E-state index in [1.54, 1.807) is 18.2 Å². The van der Waals surface area contributed by atoms with Crippen LogP contribution >= 0.6 is 11.6 Å². The van der Waals surface area contributed by atoms with Crippen LogP contribution in [0.3, 0.4) is 0 Å². The number of para-hydroxylation sites is 1. The number of H-pyrrole nitrogens is 1. The zero-order valence-electron chi connectivity index (χ0n) is 14.7. The molecule has 1 unspecified atom stereocenters. The van der Waals surface area contributed by atoms with Crippen molar-refractivity contribution < 1.29 is 22.7 Å². The SMILES string of the molecule is CS(=O)(=O)Nc1cccc2c(C(CCC(=O)O)c3ccc(Cl)cc3F)[nH]nc12. The van der Waals surface area contributed by atoms with E-state index in [0.717, 1.165) is 6.26 Å². The Morgan fingerprint density at radius 1 is 1.36 bits per heavy atom. The monoisotopic (exact) mass is 425 g/mol. The number of aliphatic carboxylic acids is 1. The van der Waals surface area contributed by atoms with Crippen LogP contribution < -0.4 is 4.72 Å². The number of carbonyl (C=O) groups is 1. The van der Waals surface area contributed by atoms with E-state index < -0.39 is 27.7 Å². The van der Waals surface area contributed by atoms with E-state index in [1.807, 2.05) is 0 Å². The topological polar surface area (TPSA) is 112 Å². The molecule has 0 aliphatic heterocycles. The maximum absolute atomic E-state index is 14.6. The summed E-state index contributed by atoms with van der Waals surface area (Å²) in [6, 6.07) is 9.12. The Morgan fingerprint density at radius 3 is 2.75 bits per heavy atom. The van der Waals surface area contributed by atoms with E-state index >= 15 is 0 Å². The Bertz CT molecular complexity index is 1150. The van der Waals surface area contributed by atoms with Gasteiger partial charge in [0, 0.05) is 22.7 Å². The van der Waals surface area contributed by atoms with E-state index in [-0.39, 0.29) is 29.1 Å². The van der Waals surface area contributed by atoms with Crippen LogP contribution in [0.5, 0.6) is 0 Å². The minimum atomic E-state index is -3.52. The van der Waals surface area contributed by atoms with Gasteiger partial charge in [-0.1, -0.05) is 29.8 Å². The number of nitrogens with zero attached hydrogens (tertiary/aromatic N) is 1. The molecule has 2 aromatic carbocycles. The van der Waals surface area contributed by atoms with E-state index in [9.17, 15) is 17.6 Å². The smallest absolute Gasteiger partial charge is 0.303 e. The van der Waals surface area contributed by atoms with Crippen molar-refractivity contribution in [2.45, 2.75) is 18.8 Å². The van der Waals surface area contributed by atoms with Crippen LogP contribution in [0.2, 0.25) is 5.02 Å². The highest BCUT2D eigenvalue weighted by Crippen LogP contribution is 2.36. The van der Waals surface area contributed by atoms with Gasteiger partial charge in [-0.25, -0.2) is 12.8 Å². The van der Waals surface area contributed by atoms with E-state index in [2.05, 4.69) is 14.9 Å². The molecule has 148 valence electrons. The van der Waals surface area contributed by atoms with Crippen molar-refractivity contribution in [3.8, 4) is 0 Å². The maximum atomic E-state index is 14.6. The molecule has 0 amide bonds. The second-order valence-corrected chi connectivity index (χ2v) is 8.55. The van der Waals surface area contributed by atoms with Gasteiger partial charge in [-0.3, -0.25) is 14.6 Å². The van der Waals surface area contributed by atoms with Gasteiger partial charge in [-0.15, -0.1) is 0 Å². The standard InChI is InChI=1S/C18H17ClFN3O4S/c1-28(26,27)23-15-4-2-3-13-17(21-22-18(13)15)12(7-8-16(24)25)11-6-5-10(19)9-14(11)20/h2-6,9,12,23H,7-8H2,1H3,(H,21,22)(H,24,25). The van der Waals surface area contributed by atoms with Crippen LogP contribution in [0, 0.1) is 5.82 Å². The Kier molecular flexibility index (Phi) is 5.57. The Labute approximate surface area is 165 Å². The molecule has 0 radical (unpaired) electrons. The first-order valence-electron chi connectivity index (χ1n) is 8.27. The predicted molar refractivity (Wildman–Crippen MR) is 105 cm³/mol. The number of sulfonamides is 1. The van der Waals surface area contributed by atoms with Crippen LogP contribution in [-0.4, -0.2) is 35.9 Å². The molecule has 1 heterocycles. The summed E-state index contributed by atoms with van der Waals surface area (Å²) in [7, 11) is -3.52. The molecule has 3 aromatic rings. The summed E-state index contributed by atoms with van der Waals surface area (Å²) in [5, 5.41) is 16.9. The van der Waals surface area contributed by atoms with Gasteiger partial charge in [0.05, 0.1) is 17.6 Å². The third-order valence-corrected chi connectivity index (χ3v) is 5.07. The van der Waals surface area contributed by atoms with E-state index in [4.69, 9.17) is 16.7 Å². The minimum absolute atomic E-state index is 0.120. The molecule has 1 aromatic heterocycles. The molecule has 0 saturated heterocycles. The fourth-order valence-corrected chi connectivity index (χ4v) is 3.84. The number of aromatic nitrogens is 2. The summed E-state index contributed by atoms with van der Waals surface area (Å²) in [6.07, 6.45) is 0.960. The summed E-state index contributed by atoms with van der Waals surface area (Å²) in [5.74, 6) is -2.20. The van der Waals surface area contributed by atoms with Gasteiger partial charge in [-0.2, -0.15) is 5.10 Å². The highest BCUT2D eigenvalue weighted by Gasteiger charge is 2.24. The predicted octanol–water partition coefficient (Wildman–Crippen LogP) is 3.72. The molecule has 7 nitrogen and oxygen atoms in total. The summed E-state index contributed by atoms with van der Waals surface area (Å²) < 4.78 is 40.1. The van der Waals surface area contributed by atoms with Crippen molar-refractivity contribution in [2.24, 2.45) is 0 Å². The molecule has 0 fully saturated rings. The van der Waals surface area contributed by atoms with Crippen molar-refractivity contribution in [1.29, 1.82) is 0 Å². The molecular weight excluding hydrogens is 409 g/mol. The zero-order valence-corrected chi connectivity index (χ0v) is 16.3. The number of aromatic amines is 1. The van der Waals surface area contributed by atoms with Crippen LogP contribution in [0.4, 0.5) is 10.1 Å². The maximum Gasteiger partial charge on any atom is 0.303 e. The summed E-state index contributed by atoms with van der Waals surface area (Å²) in [4.78, 5) is 11.1. The van der Waals surface area contributed by atoms with E-state index in [1.165, 1.54) is 18.2 Å². The summed E-state index contributed by atoms with van der Waals surface area (Å²) in [5.41, 5.74) is 1.40. The van der Waals surface area contributed by atoms with E-state index in [0.29, 0.717) is 16.6 Å². The van der Waals surface area contributed by atoms with Gasteiger partial charge in [0.15, 0.2) is 0 Å². The first-order chi connectivity index (χ1) is 13.2. The third kappa shape index (κ3) is 4.42. The number of benzene rings is 2. The normalized spacial score (nSPS) is 12.8. The lowest BCUT2D eigenvalue weighted by Gasteiger charge is -2.17. The van der Waals surface area contributed by atoms with Crippen molar-refractivity contribution in [1.82, 2.24) is 10.2 Å². The largest absolute Gasteiger partial charge is 0.481 e. The Hall–Kier alpha value is -2.65. The molecule has 3 N–H and O–H groups in total. The van der Waals surface area contributed by atoms with Gasteiger partial charge >= 0.3 is 5.97 Å².